The van der Waals surface area contributed by atoms with E-state index in [1.54, 1.807) is 7.11 Å². The zero-order valence-electron chi connectivity index (χ0n) is 10.3. The minimum absolute atomic E-state index is 0.0164. The third kappa shape index (κ3) is 2.56. The minimum atomic E-state index is -0.183. The molecule has 5 heteroatoms. The highest BCUT2D eigenvalue weighted by atomic mass is 79.9. The quantitative estimate of drug-likeness (QED) is 0.926. The van der Waals surface area contributed by atoms with Crippen LogP contribution in [0, 0.1) is 0 Å². The second kappa shape index (κ2) is 5.08. The van der Waals surface area contributed by atoms with Gasteiger partial charge in [0.2, 0.25) is 0 Å². The highest BCUT2D eigenvalue weighted by Crippen LogP contribution is 2.43. The van der Waals surface area contributed by atoms with E-state index < -0.39 is 0 Å². The van der Waals surface area contributed by atoms with E-state index in [-0.39, 0.29) is 11.5 Å². The molecule has 2 unspecified atom stereocenters. The van der Waals surface area contributed by atoms with Crippen molar-refractivity contribution in [3.63, 3.8) is 0 Å². The number of hydrogen-bond donors (Lipinski definition) is 1. The van der Waals surface area contributed by atoms with Crippen molar-refractivity contribution in [2.75, 3.05) is 13.7 Å². The van der Waals surface area contributed by atoms with E-state index in [4.69, 9.17) is 4.74 Å². The lowest BCUT2D eigenvalue weighted by atomic mass is 9.85. The Morgan fingerprint density at radius 1 is 1.71 bits per heavy atom. The molecule has 4 nitrogen and oxygen atoms in total. The number of aromatic nitrogens is 2. The minimum Gasteiger partial charge on any atom is -0.393 e. The van der Waals surface area contributed by atoms with Crippen molar-refractivity contribution in [1.29, 1.82) is 0 Å². The average Bonchev–Trinajstić information content (AvgIpc) is 2.80. The van der Waals surface area contributed by atoms with E-state index in [1.807, 2.05) is 10.9 Å². The lowest BCUT2D eigenvalue weighted by Crippen LogP contribution is -2.25. The molecule has 1 aliphatic rings. The molecule has 0 spiro atoms. The summed E-state index contributed by atoms with van der Waals surface area (Å²) in [4.78, 5) is 0. The number of nitrogens with zero attached hydrogens (tertiary/aromatic N) is 2. The number of aliphatic hydroxyl groups is 1. The highest BCUT2D eigenvalue weighted by Gasteiger charge is 2.39. The molecule has 1 fully saturated rings. The monoisotopic (exact) mass is 302 g/mol. The summed E-state index contributed by atoms with van der Waals surface area (Å²) in [6.45, 7) is 3.61. The second-order valence-corrected chi connectivity index (χ2v) is 5.87. The molecule has 1 aromatic rings. The van der Waals surface area contributed by atoms with Crippen molar-refractivity contribution in [2.24, 2.45) is 0 Å². The number of hydrogen-bond acceptors (Lipinski definition) is 3. The summed E-state index contributed by atoms with van der Waals surface area (Å²) in [5.41, 5.74) is 1.20. The van der Waals surface area contributed by atoms with Crippen molar-refractivity contribution in [1.82, 2.24) is 9.78 Å². The van der Waals surface area contributed by atoms with Crippen LogP contribution in [-0.4, -0.2) is 34.7 Å². The fourth-order valence-corrected chi connectivity index (χ4v) is 3.51. The van der Waals surface area contributed by atoms with Crippen LogP contribution in [0.2, 0.25) is 0 Å². The summed E-state index contributed by atoms with van der Waals surface area (Å²) in [6.07, 6.45) is 4.34. The van der Waals surface area contributed by atoms with Crippen molar-refractivity contribution in [2.45, 2.75) is 44.2 Å². The molecule has 1 heterocycles. The van der Waals surface area contributed by atoms with Gasteiger partial charge in [0, 0.05) is 12.5 Å². The summed E-state index contributed by atoms with van der Waals surface area (Å²) in [5.74, 6) is 0. The van der Waals surface area contributed by atoms with Crippen LogP contribution in [0.15, 0.2) is 10.7 Å². The Morgan fingerprint density at radius 3 is 3.06 bits per heavy atom. The van der Waals surface area contributed by atoms with Gasteiger partial charge in [-0.05, 0) is 35.2 Å². The van der Waals surface area contributed by atoms with Crippen LogP contribution in [0.25, 0.3) is 0 Å². The summed E-state index contributed by atoms with van der Waals surface area (Å²) in [7, 11) is 1.69. The van der Waals surface area contributed by atoms with Gasteiger partial charge in [0.25, 0.3) is 0 Å². The molecule has 0 aromatic carbocycles. The lowest BCUT2D eigenvalue weighted by Gasteiger charge is -2.25. The number of halogens is 1. The summed E-state index contributed by atoms with van der Waals surface area (Å²) < 4.78 is 8.13. The van der Waals surface area contributed by atoms with Crippen LogP contribution >= 0.6 is 15.9 Å². The van der Waals surface area contributed by atoms with Gasteiger partial charge in [-0.25, -0.2) is 0 Å². The molecule has 1 aromatic heterocycles. The molecule has 0 bridgehead atoms. The van der Waals surface area contributed by atoms with Gasteiger partial charge in [0.1, 0.15) is 0 Å². The first kappa shape index (κ1) is 13.1. The molecule has 2 rings (SSSR count). The van der Waals surface area contributed by atoms with E-state index in [2.05, 4.69) is 28.0 Å². The SMILES string of the molecule is COCCn1ncc(Br)c1C1(C)CCC(O)C1. The number of aliphatic hydroxyl groups excluding tert-OH is 1. The van der Waals surface area contributed by atoms with E-state index in [0.717, 1.165) is 30.3 Å². The van der Waals surface area contributed by atoms with E-state index in [9.17, 15) is 5.11 Å². The molecule has 0 aliphatic heterocycles. The molecule has 0 radical (unpaired) electrons. The van der Waals surface area contributed by atoms with Crippen LogP contribution in [0.1, 0.15) is 31.9 Å². The Balaban J connectivity index is 2.27. The molecule has 17 heavy (non-hydrogen) atoms. The van der Waals surface area contributed by atoms with Gasteiger partial charge in [-0.15, -0.1) is 0 Å². The van der Waals surface area contributed by atoms with Crippen molar-refractivity contribution in [3.05, 3.63) is 16.4 Å². The molecule has 96 valence electrons. The van der Waals surface area contributed by atoms with Crippen LogP contribution in [-0.2, 0) is 16.7 Å². The highest BCUT2D eigenvalue weighted by molar-refractivity contribution is 9.10. The first-order chi connectivity index (χ1) is 8.07. The summed E-state index contributed by atoms with van der Waals surface area (Å²) in [6, 6.07) is 0. The predicted molar refractivity (Wildman–Crippen MR) is 69.0 cm³/mol. The topological polar surface area (TPSA) is 47.3 Å². The molecular weight excluding hydrogens is 284 g/mol. The normalized spacial score (nSPS) is 28.8. The number of ether oxygens (including phenoxy) is 1. The van der Waals surface area contributed by atoms with Crippen molar-refractivity contribution < 1.29 is 9.84 Å². The van der Waals surface area contributed by atoms with Gasteiger partial charge < -0.3 is 9.84 Å². The zero-order valence-corrected chi connectivity index (χ0v) is 11.9. The van der Waals surface area contributed by atoms with Gasteiger partial charge in [-0.3, -0.25) is 4.68 Å². The predicted octanol–water partition coefficient (Wildman–Crippen LogP) is 2.09. The van der Waals surface area contributed by atoms with Gasteiger partial charge >= 0.3 is 0 Å². The van der Waals surface area contributed by atoms with Crippen LogP contribution in [0.4, 0.5) is 0 Å². The fraction of sp³-hybridized carbons (Fsp3) is 0.750. The molecule has 1 N–H and O–H groups in total. The zero-order chi connectivity index (χ0) is 12.5. The number of rotatable bonds is 4. The van der Waals surface area contributed by atoms with E-state index in [0.29, 0.717) is 6.61 Å². The average molecular weight is 303 g/mol. The van der Waals surface area contributed by atoms with Crippen molar-refractivity contribution in [3.8, 4) is 0 Å². The molecular formula is C12H19BrN2O2. The smallest absolute Gasteiger partial charge is 0.0659 e. The standard InChI is InChI=1S/C12H19BrN2O2/c1-12(4-3-9(16)7-12)11-10(13)8-14-15(11)5-6-17-2/h8-9,16H,3-7H2,1-2H3. The molecule has 0 amide bonds. The molecule has 1 saturated carbocycles. The van der Waals surface area contributed by atoms with Gasteiger partial charge in [-0.1, -0.05) is 6.92 Å². The Kier molecular flexibility index (Phi) is 3.90. The third-order valence-corrected chi connectivity index (χ3v) is 4.17. The van der Waals surface area contributed by atoms with E-state index in [1.165, 1.54) is 5.69 Å². The third-order valence-electron chi connectivity index (χ3n) is 3.59. The maximum Gasteiger partial charge on any atom is 0.0659 e. The van der Waals surface area contributed by atoms with Crippen molar-refractivity contribution >= 4 is 15.9 Å². The largest absolute Gasteiger partial charge is 0.393 e. The summed E-state index contributed by atoms with van der Waals surface area (Å²) >= 11 is 3.57. The second-order valence-electron chi connectivity index (χ2n) is 5.01. The van der Waals surface area contributed by atoms with Gasteiger partial charge in [-0.2, -0.15) is 5.10 Å². The van der Waals surface area contributed by atoms with Crippen LogP contribution in [0.5, 0.6) is 0 Å². The van der Waals surface area contributed by atoms with Crippen LogP contribution < -0.4 is 0 Å². The Labute approximate surface area is 110 Å². The number of methoxy groups -OCH3 is 1. The molecule has 0 saturated heterocycles. The van der Waals surface area contributed by atoms with Gasteiger partial charge in [0.15, 0.2) is 0 Å². The van der Waals surface area contributed by atoms with Crippen LogP contribution in [0.3, 0.4) is 0 Å². The molecule has 1 aliphatic carbocycles. The van der Waals surface area contributed by atoms with E-state index >= 15 is 0 Å². The Morgan fingerprint density at radius 2 is 2.47 bits per heavy atom. The maximum atomic E-state index is 9.75. The maximum absolute atomic E-state index is 9.75. The lowest BCUT2D eigenvalue weighted by molar-refractivity contribution is 0.170. The van der Waals surface area contributed by atoms with Gasteiger partial charge in [0.05, 0.1) is 35.6 Å². The Bertz CT molecular complexity index is 394. The summed E-state index contributed by atoms with van der Waals surface area (Å²) in [5, 5.41) is 14.1. The first-order valence-electron chi connectivity index (χ1n) is 5.95. The first-order valence-corrected chi connectivity index (χ1v) is 6.75. The Hall–Kier alpha value is -0.390. The fourth-order valence-electron chi connectivity index (χ4n) is 2.73. The molecule has 2 atom stereocenters.